The second kappa shape index (κ2) is 6.60. The fourth-order valence-electron chi connectivity index (χ4n) is 2.83. The van der Waals surface area contributed by atoms with Crippen LogP contribution in [0, 0.1) is 6.92 Å². The predicted molar refractivity (Wildman–Crippen MR) is 91.0 cm³/mol. The minimum atomic E-state index is 0.0423. The van der Waals surface area contributed by atoms with Gasteiger partial charge >= 0.3 is 0 Å². The number of rotatable bonds is 6. The molecule has 1 atom stereocenters. The summed E-state index contributed by atoms with van der Waals surface area (Å²) in [6.45, 7) is 8.83. The Morgan fingerprint density at radius 3 is 2.79 bits per heavy atom. The van der Waals surface area contributed by atoms with Crippen molar-refractivity contribution in [1.29, 1.82) is 0 Å². The van der Waals surface area contributed by atoms with Crippen molar-refractivity contribution in [3.63, 3.8) is 0 Å². The van der Waals surface area contributed by atoms with Crippen LogP contribution in [-0.4, -0.2) is 27.3 Å². The lowest BCUT2D eigenvalue weighted by Gasteiger charge is -2.13. The van der Waals surface area contributed by atoms with Gasteiger partial charge in [0.2, 0.25) is 0 Å². The summed E-state index contributed by atoms with van der Waals surface area (Å²) < 4.78 is 13.1. The molecule has 0 spiro atoms. The summed E-state index contributed by atoms with van der Waals surface area (Å²) in [4.78, 5) is 0. The van der Waals surface area contributed by atoms with Crippen LogP contribution in [0.5, 0.6) is 5.75 Å². The molecule has 3 rings (SSSR count). The Hall–Kier alpha value is -2.41. The highest BCUT2D eigenvalue weighted by Gasteiger charge is 2.18. The van der Waals surface area contributed by atoms with Crippen LogP contribution in [0.2, 0.25) is 0 Å². The van der Waals surface area contributed by atoms with Crippen molar-refractivity contribution >= 4 is 11.0 Å². The normalized spacial score (nSPS) is 12.9. The largest absolute Gasteiger partial charge is 0.497 e. The van der Waals surface area contributed by atoms with Crippen LogP contribution in [0.1, 0.15) is 50.0 Å². The molecule has 128 valence electrons. The molecule has 0 saturated carbocycles. The number of hydrogen-bond donors (Lipinski definition) is 1. The molecule has 0 amide bonds. The molecule has 2 aromatic heterocycles. The number of benzene rings is 1. The van der Waals surface area contributed by atoms with Gasteiger partial charge in [0.15, 0.2) is 5.82 Å². The van der Waals surface area contributed by atoms with E-state index in [9.17, 15) is 0 Å². The van der Waals surface area contributed by atoms with E-state index < -0.39 is 0 Å². The summed E-state index contributed by atoms with van der Waals surface area (Å²) in [5.41, 5.74) is 1.98. The van der Waals surface area contributed by atoms with Crippen LogP contribution in [0.4, 0.5) is 0 Å². The minimum Gasteiger partial charge on any atom is -0.497 e. The van der Waals surface area contributed by atoms with E-state index in [2.05, 4.69) is 48.5 Å². The van der Waals surface area contributed by atoms with Crippen LogP contribution >= 0.6 is 0 Å². The lowest BCUT2D eigenvalue weighted by molar-refractivity contribution is 0.414. The molecule has 1 N–H and O–H groups in total. The number of hydrogen-bond acceptors (Lipinski definition) is 6. The fraction of sp³-hybridized carbons (Fsp3) is 0.471. The smallest absolute Gasteiger partial charge is 0.165 e. The fourth-order valence-corrected chi connectivity index (χ4v) is 2.83. The Balaban J connectivity index is 1.80. The molecule has 0 fully saturated rings. The molecule has 0 aliphatic heterocycles. The van der Waals surface area contributed by atoms with Crippen LogP contribution in [0.3, 0.4) is 0 Å². The van der Waals surface area contributed by atoms with Gasteiger partial charge < -0.3 is 14.5 Å². The van der Waals surface area contributed by atoms with Crippen molar-refractivity contribution in [2.45, 2.75) is 46.3 Å². The molecule has 7 heteroatoms. The molecule has 0 saturated heterocycles. The first-order valence-corrected chi connectivity index (χ1v) is 8.08. The monoisotopic (exact) mass is 329 g/mol. The maximum Gasteiger partial charge on any atom is 0.165 e. The average molecular weight is 329 g/mol. The van der Waals surface area contributed by atoms with Gasteiger partial charge in [0.05, 0.1) is 25.7 Å². The zero-order chi connectivity index (χ0) is 17.3. The Labute approximate surface area is 141 Å². The van der Waals surface area contributed by atoms with Gasteiger partial charge in [-0.2, -0.15) is 0 Å². The van der Waals surface area contributed by atoms with E-state index in [1.165, 1.54) is 0 Å². The van der Waals surface area contributed by atoms with Crippen molar-refractivity contribution in [2.75, 3.05) is 7.11 Å². The molecular weight excluding hydrogens is 306 g/mol. The quantitative estimate of drug-likeness (QED) is 0.748. The third-order valence-corrected chi connectivity index (χ3v) is 4.19. The van der Waals surface area contributed by atoms with Gasteiger partial charge in [-0.15, -0.1) is 5.10 Å². The molecule has 0 bridgehead atoms. The first kappa shape index (κ1) is 16.4. The van der Waals surface area contributed by atoms with Gasteiger partial charge in [0.25, 0.3) is 0 Å². The second-order valence-corrected chi connectivity index (χ2v) is 6.19. The summed E-state index contributed by atoms with van der Waals surface area (Å²) in [6, 6.07) is 6.12. The third-order valence-electron chi connectivity index (χ3n) is 4.19. The van der Waals surface area contributed by atoms with Gasteiger partial charge in [0.1, 0.15) is 17.1 Å². The summed E-state index contributed by atoms with van der Waals surface area (Å²) in [5.74, 6) is 2.56. The Kier molecular flexibility index (Phi) is 4.53. The lowest BCUT2D eigenvalue weighted by Crippen LogP contribution is -2.21. The van der Waals surface area contributed by atoms with E-state index in [0.29, 0.717) is 6.54 Å². The van der Waals surface area contributed by atoms with Crippen molar-refractivity contribution < 1.29 is 9.15 Å². The number of nitrogens with one attached hydrogen (secondary N) is 1. The van der Waals surface area contributed by atoms with E-state index in [1.54, 1.807) is 7.11 Å². The highest BCUT2D eigenvalue weighted by molar-refractivity contribution is 5.83. The number of methoxy groups -OCH3 is 1. The van der Waals surface area contributed by atoms with Crippen LogP contribution in [0.15, 0.2) is 22.6 Å². The Morgan fingerprint density at radius 2 is 2.08 bits per heavy atom. The first-order chi connectivity index (χ1) is 11.5. The van der Waals surface area contributed by atoms with Crippen molar-refractivity contribution in [2.24, 2.45) is 0 Å². The number of tetrazole rings is 1. The summed E-state index contributed by atoms with van der Waals surface area (Å²) >= 11 is 0. The molecule has 7 nitrogen and oxygen atoms in total. The number of ether oxygens (including phenoxy) is 1. The van der Waals surface area contributed by atoms with Gasteiger partial charge in [-0.1, -0.05) is 0 Å². The van der Waals surface area contributed by atoms with Crippen molar-refractivity contribution in [1.82, 2.24) is 25.5 Å². The van der Waals surface area contributed by atoms with Crippen LogP contribution in [-0.2, 0) is 6.54 Å². The minimum absolute atomic E-state index is 0.0423. The van der Waals surface area contributed by atoms with E-state index in [1.807, 2.05) is 22.9 Å². The summed E-state index contributed by atoms with van der Waals surface area (Å²) in [7, 11) is 1.67. The third kappa shape index (κ3) is 2.99. The van der Waals surface area contributed by atoms with E-state index >= 15 is 0 Å². The highest BCUT2D eigenvalue weighted by Crippen LogP contribution is 2.31. The van der Waals surface area contributed by atoms with E-state index in [0.717, 1.165) is 33.9 Å². The zero-order valence-corrected chi connectivity index (χ0v) is 14.7. The molecule has 2 heterocycles. The summed E-state index contributed by atoms with van der Waals surface area (Å²) in [5, 5.41) is 16.4. The zero-order valence-electron chi connectivity index (χ0n) is 14.7. The molecule has 1 unspecified atom stereocenters. The SMILES string of the molecule is COc1ccc2oc(C(C)NCc3nnnn3C(C)C)c(C)c2c1. The molecule has 1 aromatic carbocycles. The number of fused-ring (bicyclic) bond motifs is 1. The number of furan rings is 1. The second-order valence-electron chi connectivity index (χ2n) is 6.19. The maximum atomic E-state index is 6.03. The van der Waals surface area contributed by atoms with Gasteiger partial charge in [-0.25, -0.2) is 4.68 Å². The predicted octanol–water partition coefficient (Wildman–Crippen LogP) is 3.17. The maximum absolute atomic E-state index is 6.03. The number of aromatic nitrogens is 4. The first-order valence-electron chi connectivity index (χ1n) is 8.08. The molecule has 3 aromatic rings. The van der Waals surface area contributed by atoms with Crippen molar-refractivity contribution in [3.05, 3.63) is 35.3 Å². The molecule has 0 aliphatic rings. The van der Waals surface area contributed by atoms with E-state index in [-0.39, 0.29) is 12.1 Å². The van der Waals surface area contributed by atoms with Crippen molar-refractivity contribution in [3.8, 4) is 5.75 Å². The Bertz CT molecular complexity index is 837. The molecular formula is C17H23N5O2. The topological polar surface area (TPSA) is 78.0 Å². The number of nitrogens with zero attached hydrogens (tertiary/aromatic N) is 4. The average Bonchev–Trinajstić information content (AvgIpc) is 3.17. The lowest BCUT2D eigenvalue weighted by atomic mass is 10.1. The van der Waals surface area contributed by atoms with Gasteiger partial charge in [-0.3, -0.25) is 0 Å². The van der Waals surface area contributed by atoms with E-state index in [4.69, 9.17) is 9.15 Å². The molecule has 0 aliphatic carbocycles. The molecule has 0 radical (unpaired) electrons. The highest BCUT2D eigenvalue weighted by atomic mass is 16.5. The van der Waals surface area contributed by atoms with Gasteiger partial charge in [-0.05, 0) is 56.3 Å². The van der Waals surface area contributed by atoms with Crippen LogP contribution < -0.4 is 10.1 Å². The Morgan fingerprint density at radius 1 is 1.29 bits per heavy atom. The molecule has 24 heavy (non-hydrogen) atoms. The standard InChI is InChI=1S/C17H23N5O2/c1-10(2)22-16(19-20-21-22)9-18-12(4)17-11(3)14-8-13(23-5)6-7-15(14)24-17/h6-8,10,12,18H,9H2,1-5H3. The van der Waals surface area contributed by atoms with Gasteiger partial charge in [0, 0.05) is 10.9 Å². The van der Waals surface area contributed by atoms with Crippen LogP contribution in [0.25, 0.3) is 11.0 Å². The summed E-state index contributed by atoms with van der Waals surface area (Å²) in [6.07, 6.45) is 0. The number of aryl methyl sites for hydroxylation is 1.